The lowest BCUT2D eigenvalue weighted by molar-refractivity contribution is -0.139. The topological polar surface area (TPSA) is 139 Å². The monoisotopic (exact) mass is 482 g/mol. The molecule has 1 aromatic heterocycles. The second-order valence-corrected chi connectivity index (χ2v) is 7.66. The number of hydrogen-bond donors (Lipinski definition) is 3. The highest BCUT2D eigenvalue weighted by atomic mass is 35.5. The highest BCUT2D eigenvalue weighted by Gasteiger charge is 2.34. The zero-order valence-corrected chi connectivity index (χ0v) is 18.6. The van der Waals surface area contributed by atoms with Crippen LogP contribution in [-0.4, -0.2) is 41.4 Å². The first-order chi connectivity index (χ1) is 16.4. The van der Waals surface area contributed by atoms with Gasteiger partial charge in [0, 0.05) is 10.4 Å². The molecule has 1 aliphatic heterocycles. The van der Waals surface area contributed by atoms with Crippen molar-refractivity contribution in [3.05, 3.63) is 86.4 Å². The molecule has 0 fully saturated rings. The predicted molar refractivity (Wildman–Crippen MR) is 122 cm³/mol. The summed E-state index contributed by atoms with van der Waals surface area (Å²) in [6, 6.07) is 11.6. The van der Waals surface area contributed by atoms with E-state index < -0.39 is 36.2 Å². The van der Waals surface area contributed by atoms with Crippen LogP contribution in [0.3, 0.4) is 0 Å². The fourth-order valence-electron chi connectivity index (χ4n) is 3.56. The molecule has 0 saturated carbocycles. The number of benzene rings is 2. The van der Waals surface area contributed by atoms with E-state index in [1.54, 1.807) is 55.5 Å². The number of halogens is 1. The van der Waals surface area contributed by atoms with E-state index in [1.165, 1.54) is 0 Å². The molecule has 2 amide bonds. The SMILES string of the molecule is CCOC(=O)C1=C(COC(=O)c2n[nH]c(=O)c3ccccc23)NC(=O)NC1c1ccc(Cl)cc1. The van der Waals surface area contributed by atoms with Crippen molar-refractivity contribution in [2.75, 3.05) is 13.2 Å². The van der Waals surface area contributed by atoms with Crippen molar-refractivity contribution in [1.29, 1.82) is 0 Å². The quantitative estimate of drug-likeness (QED) is 0.459. The minimum Gasteiger partial charge on any atom is -0.463 e. The molecule has 10 nitrogen and oxygen atoms in total. The molecule has 2 aromatic carbocycles. The molecule has 0 bridgehead atoms. The van der Waals surface area contributed by atoms with Crippen LogP contribution in [0.1, 0.15) is 29.0 Å². The summed E-state index contributed by atoms with van der Waals surface area (Å²) in [5.74, 6) is -1.53. The standard InChI is InChI=1S/C23H19ClN4O6/c1-2-33-21(30)17-16(25-23(32)26-18(17)12-7-9-13(24)10-8-12)11-34-22(31)19-14-5-3-4-6-15(14)20(29)28-27-19/h3-10,18H,2,11H2,1H3,(H,28,29)(H2,25,26,32). The highest BCUT2D eigenvalue weighted by Crippen LogP contribution is 2.29. The average molecular weight is 483 g/mol. The van der Waals surface area contributed by atoms with Gasteiger partial charge in [0.1, 0.15) is 6.61 Å². The number of hydrogen-bond acceptors (Lipinski definition) is 7. The third kappa shape index (κ3) is 4.62. The molecule has 3 aromatic rings. The molecule has 11 heteroatoms. The summed E-state index contributed by atoms with van der Waals surface area (Å²) in [5.41, 5.74) is 0.165. The maximum Gasteiger partial charge on any atom is 0.359 e. The van der Waals surface area contributed by atoms with Crippen LogP contribution in [0.25, 0.3) is 10.8 Å². The van der Waals surface area contributed by atoms with Gasteiger partial charge >= 0.3 is 18.0 Å². The molecule has 1 unspecified atom stereocenters. The number of aromatic amines is 1. The molecule has 0 spiro atoms. The minimum absolute atomic E-state index is 0.0595. The van der Waals surface area contributed by atoms with Crippen LogP contribution in [0.4, 0.5) is 4.79 Å². The van der Waals surface area contributed by atoms with Gasteiger partial charge in [-0.2, -0.15) is 5.10 Å². The molecular formula is C23H19ClN4O6. The van der Waals surface area contributed by atoms with Crippen LogP contribution >= 0.6 is 11.6 Å². The maximum absolute atomic E-state index is 12.8. The average Bonchev–Trinajstić information content (AvgIpc) is 2.83. The van der Waals surface area contributed by atoms with Gasteiger partial charge in [-0.15, -0.1) is 0 Å². The van der Waals surface area contributed by atoms with E-state index in [0.29, 0.717) is 16.0 Å². The lowest BCUT2D eigenvalue weighted by Gasteiger charge is -2.29. The summed E-state index contributed by atoms with van der Waals surface area (Å²) in [6.07, 6.45) is 0. The first kappa shape index (κ1) is 23.0. The Hall–Kier alpha value is -4.18. The Labute approximate surface area is 197 Å². The molecular weight excluding hydrogens is 464 g/mol. The number of aromatic nitrogens is 2. The Morgan fingerprint density at radius 1 is 1.00 bits per heavy atom. The van der Waals surface area contributed by atoms with Gasteiger partial charge in [0.2, 0.25) is 0 Å². The number of urea groups is 1. The Balaban J connectivity index is 1.68. The maximum atomic E-state index is 12.8. The number of ether oxygens (including phenoxy) is 2. The molecule has 0 aliphatic carbocycles. The number of carbonyl (C=O) groups is 3. The Kier molecular flexibility index (Phi) is 6.60. The summed E-state index contributed by atoms with van der Waals surface area (Å²) >= 11 is 5.96. The largest absolute Gasteiger partial charge is 0.463 e. The van der Waals surface area contributed by atoms with E-state index in [0.717, 1.165) is 0 Å². The molecule has 1 atom stereocenters. The summed E-state index contributed by atoms with van der Waals surface area (Å²) in [4.78, 5) is 49.9. The number of fused-ring (bicyclic) bond motifs is 1. The van der Waals surface area contributed by atoms with Gasteiger partial charge in [-0.05, 0) is 30.7 Å². The Morgan fingerprint density at radius 3 is 2.41 bits per heavy atom. The highest BCUT2D eigenvalue weighted by molar-refractivity contribution is 6.30. The van der Waals surface area contributed by atoms with Crippen LogP contribution in [-0.2, 0) is 14.3 Å². The van der Waals surface area contributed by atoms with Crippen molar-refractivity contribution >= 4 is 40.3 Å². The zero-order valence-electron chi connectivity index (χ0n) is 17.9. The summed E-state index contributed by atoms with van der Waals surface area (Å²) in [7, 11) is 0. The number of nitrogens with one attached hydrogen (secondary N) is 3. The van der Waals surface area contributed by atoms with E-state index in [-0.39, 0.29) is 29.0 Å². The molecule has 174 valence electrons. The molecule has 0 saturated heterocycles. The zero-order chi connectivity index (χ0) is 24.2. The van der Waals surface area contributed by atoms with Gasteiger partial charge in [0.25, 0.3) is 5.56 Å². The first-order valence-corrected chi connectivity index (χ1v) is 10.6. The van der Waals surface area contributed by atoms with Crippen molar-refractivity contribution in [2.24, 2.45) is 0 Å². The van der Waals surface area contributed by atoms with Gasteiger partial charge in [-0.3, -0.25) is 4.79 Å². The number of carbonyl (C=O) groups excluding carboxylic acids is 3. The third-order valence-corrected chi connectivity index (χ3v) is 5.34. The lowest BCUT2D eigenvalue weighted by Crippen LogP contribution is -2.47. The first-order valence-electron chi connectivity index (χ1n) is 10.3. The van der Waals surface area contributed by atoms with Crippen molar-refractivity contribution in [2.45, 2.75) is 13.0 Å². The van der Waals surface area contributed by atoms with E-state index in [4.69, 9.17) is 21.1 Å². The van der Waals surface area contributed by atoms with Gasteiger partial charge in [0.15, 0.2) is 5.69 Å². The van der Waals surface area contributed by atoms with Crippen LogP contribution in [0.5, 0.6) is 0 Å². The van der Waals surface area contributed by atoms with E-state index in [1.807, 2.05) is 0 Å². The molecule has 4 rings (SSSR count). The fourth-order valence-corrected chi connectivity index (χ4v) is 3.69. The van der Waals surface area contributed by atoms with E-state index in [9.17, 15) is 19.2 Å². The summed E-state index contributed by atoms with van der Waals surface area (Å²) in [5, 5.41) is 12.3. The Bertz CT molecular complexity index is 1370. The fraction of sp³-hybridized carbons (Fsp3) is 0.174. The van der Waals surface area contributed by atoms with E-state index >= 15 is 0 Å². The molecule has 2 heterocycles. The minimum atomic E-state index is -0.856. The molecule has 0 radical (unpaired) electrons. The third-order valence-electron chi connectivity index (χ3n) is 5.09. The predicted octanol–water partition coefficient (Wildman–Crippen LogP) is 2.60. The van der Waals surface area contributed by atoms with Gasteiger partial charge in [-0.1, -0.05) is 41.9 Å². The summed E-state index contributed by atoms with van der Waals surface area (Å²) < 4.78 is 10.6. The number of esters is 2. The van der Waals surface area contributed by atoms with E-state index in [2.05, 4.69) is 20.8 Å². The van der Waals surface area contributed by atoms with Gasteiger partial charge < -0.3 is 20.1 Å². The number of H-pyrrole nitrogens is 1. The van der Waals surface area contributed by atoms with Crippen LogP contribution < -0.4 is 16.2 Å². The van der Waals surface area contributed by atoms with Crippen molar-refractivity contribution in [3.63, 3.8) is 0 Å². The molecule has 3 N–H and O–H groups in total. The number of amides is 2. The van der Waals surface area contributed by atoms with Crippen LogP contribution in [0, 0.1) is 0 Å². The van der Waals surface area contributed by atoms with Crippen LogP contribution in [0.2, 0.25) is 5.02 Å². The summed E-state index contributed by atoms with van der Waals surface area (Å²) in [6.45, 7) is 1.31. The number of rotatable bonds is 6. The lowest BCUT2D eigenvalue weighted by atomic mass is 9.95. The Morgan fingerprint density at radius 2 is 1.71 bits per heavy atom. The van der Waals surface area contributed by atoms with Crippen molar-refractivity contribution in [1.82, 2.24) is 20.8 Å². The number of nitrogens with zero attached hydrogens (tertiary/aromatic N) is 1. The molecule has 1 aliphatic rings. The van der Waals surface area contributed by atoms with Crippen molar-refractivity contribution < 1.29 is 23.9 Å². The van der Waals surface area contributed by atoms with Gasteiger partial charge in [0.05, 0.1) is 29.3 Å². The second kappa shape index (κ2) is 9.75. The second-order valence-electron chi connectivity index (χ2n) is 7.22. The normalized spacial score (nSPS) is 15.5. The smallest absolute Gasteiger partial charge is 0.359 e. The van der Waals surface area contributed by atoms with Gasteiger partial charge in [-0.25, -0.2) is 19.5 Å². The van der Waals surface area contributed by atoms with Crippen LogP contribution in [0.15, 0.2) is 64.6 Å². The molecule has 34 heavy (non-hydrogen) atoms. The van der Waals surface area contributed by atoms with Crippen molar-refractivity contribution in [3.8, 4) is 0 Å².